The number of amides is 1. The van der Waals surface area contributed by atoms with Crippen molar-refractivity contribution in [3.05, 3.63) is 54.3 Å². The molecule has 3 aromatic rings. The van der Waals surface area contributed by atoms with Crippen molar-refractivity contribution in [2.45, 2.75) is 6.54 Å². The number of halogens is 1. The minimum Gasteiger partial charge on any atom is -0.495 e. The zero-order valence-electron chi connectivity index (χ0n) is 12.8. The van der Waals surface area contributed by atoms with Crippen LogP contribution in [0.5, 0.6) is 5.75 Å². The monoisotopic (exact) mass is 327 g/mol. The van der Waals surface area contributed by atoms with E-state index in [1.165, 1.54) is 19.2 Å². The lowest BCUT2D eigenvalue weighted by atomic mass is 10.2. The number of ether oxygens (including phenoxy) is 1. The van der Waals surface area contributed by atoms with Gasteiger partial charge in [-0.05, 0) is 29.5 Å². The van der Waals surface area contributed by atoms with Gasteiger partial charge in [-0.15, -0.1) is 10.2 Å². The highest BCUT2D eigenvalue weighted by atomic mass is 19.1. The molecule has 2 aromatic carbocycles. The quantitative estimate of drug-likeness (QED) is 0.776. The molecule has 0 spiro atoms. The van der Waals surface area contributed by atoms with Crippen molar-refractivity contribution >= 4 is 11.6 Å². The number of anilines is 1. The third-order valence-corrected chi connectivity index (χ3v) is 3.20. The molecule has 0 aliphatic heterocycles. The molecule has 1 heterocycles. The Balaban J connectivity index is 1.69. The van der Waals surface area contributed by atoms with E-state index in [0.717, 1.165) is 4.80 Å². The van der Waals surface area contributed by atoms with Crippen LogP contribution in [-0.4, -0.2) is 33.2 Å². The molecule has 0 fully saturated rings. The SMILES string of the molecule is COc1ccccc1NC(=O)Cn1nnc(-c2cccc(F)c2)n1. The summed E-state index contributed by atoms with van der Waals surface area (Å²) >= 11 is 0. The van der Waals surface area contributed by atoms with Gasteiger partial charge >= 0.3 is 0 Å². The van der Waals surface area contributed by atoms with E-state index >= 15 is 0 Å². The first kappa shape index (κ1) is 15.6. The average molecular weight is 327 g/mol. The Morgan fingerprint density at radius 1 is 1.25 bits per heavy atom. The van der Waals surface area contributed by atoms with E-state index in [9.17, 15) is 9.18 Å². The lowest BCUT2D eigenvalue weighted by Gasteiger charge is -2.09. The van der Waals surface area contributed by atoms with E-state index < -0.39 is 5.82 Å². The van der Waals surface area contributed by atoms with Gasteiger partial charge in [-0.3, -0.25) is 4.79 Å². The Morgan fingerprint density at radius 3 is 2.88 bits per heavy atom. The molecule has 24 heavy (non-hydrogen) atoms. The van der Waals surface area contributed by atoms with Crippen molar-refractivity contribution in [3.8, 4) is 17.1 Å². The Labute approximate surface area is 137 Å². The van der Waals surface area contributed by atoms with Crippen LogP contribution in [-0.2, 0) is 11.3 Å². The molecule has 0 unspecified atom stereocenters. The number of carbonyl (C=O) groups is 1. The molecular weight excluding hydrogens is 313 g/mol. The molecule has 0 aliphatic carbocycles. The van der Waals surface area contributed by atoms with Crippen LogP contribution in [0, 0.1) is 5.82 Å². The molecule has 122 valence electrons. The maximum Gasteiger partial charge on any atom is 0.248 e. The second-order valence-corrected chi connectivity index (χ2v) is 4.90. The van der Waals surface area contributed by atoms with E-state index in [1.807, 2.05) is 0 Å². The van der Waals surface area contributed by atoms with Crippen molar-refractivity contribution < 1.29 is 13.9 Å². The van der Waals surface area contributed by atoms with Gasteiger partial charge in [0.25, 0.3) is 0 Å². The number of carbonyl (C=O) groups excluding carboxylic acids is 1. The summed E-state index contributed by atoms with van der Waals surface area (Å²) in [5, 5.41) is 14.4. The lowest BCUT2D eigenvalue weighted by molar-refractivity contribution is -0.117. The summed E-state index contributed by atoms with van der Waals surface area (Å²) in [6, 6.07) is 12.9. The molecule has 1 aromatic heterocycles. The van der Waals surface area contributed by atoms with Gasteiger partial charge in [0.1, 0.15) is 18.1 Å². The zero-order chi connectivity index (χ0) is 16.9. The van der Waals surface area contributed by atoms with Crippen LogP contribution >= 0.6 is 0 Å². The van der Waals surface area contributed by atoms with Crippen molar-refractivity contribution in [2.75, 3.05) is 12.4 Å². The maximum atomic E-state index is 13.2. The molecule has 0 radical (unpaired) electrons. The maximum absolute atomic E-state index is 13.2. The van der Waals surface area contributed by atoms with Crippen LogP contribution in [0.2, 0.25) is 0 Å². The minimum atomic E-state index is -0.391. The number of rotatable bonds is 5. The second-order valence-electron chi connectivity index (χ2n) is 4.90. The first-order valence-corrected chi connectivity index (χ1v) is 7.12. The van der Waals surface area contributed by atoms with Crippen LogP contribution in [0.15, 0.2) is 48.5 Å². The number of aromatic nitrogens is 4. The molecule has 7 nitrogen and oxygen atoms in total. The van der Waals surface area contributed by atoms with Crippen LogP contribution in [0.3, 0.4) is 0 Å². The van der Waals surface area contributed by atoms with E-state index in [-0.39, 0.29) is 18.3 Å². The molecule has 3 rings (SSSR count). The molecule has 0 bridgehead atoms. The largest absolute Gasteiger partial charge is 0.495 e. The second kappa shape index (κ2) is 6.86. The Kier molecular flexibility index (Phi) is 4.46. The first-order valence-electron chi connectivity index (χ1n) is 7.12. The fourth-order valence-electron chi connectivity index (χ4n) is 2.12. The van der Waals surface area contributed by atoms with Crippen molar-refractivity contribution in [1.82, 2.24) is 20.2 Å². The molecule has 0 saturated heterocycles. The van der Waals surface area contributed by atoms with Gasteiger partial charge in [-0.25, -0.2) is 4.39 Å². The number of nitrogens with one attached hydrogen (secondary N) is 1. The van der Waals surface area contributed by atoms with Gasteiger partial charge in [0, 0.05) is 5.56 Å². The van der Waals surface area contributed by atoms with Gasteiger partial charge < -0.3 is 10.1 Å². The summed E-state index contributed by atoms with van der Waals surface area (Å²) in [5.74, 6) is 0.0814. The molecule has 0 saturated carbocycles. The van der Waals surface area contributed by atoms with Crippen LogP contribution in [0.4, 0.5) is 10.1 Å². The zero-order valence-corrected chi connectivity index (χ0v) is 12.8. The van der Waals surface area contributed by atoms with Gasteiger partial charge in [-0.1, -0.05) is 24.3 Å². The summed E-state index contributed by atoms with van der Waals surface area (Å²) in [6.07, 6.45) is 0. The first-order chi connectivity index (χ1) is 11.7. The standard InChI is InChI=1S/C16H14FN5O2/c1-24-14-8-3-2-7-13(14)18-15(23)10-22-20-16(19-21-22)11-5-4-6-12(17)9-11/h2-9H,10H2,1H3,(H,18,23). The molecular formula is C16H14FN5O2. The number of nitrogens with zero attached hydrogens (tertiary/aromatic N) is 4. The molecule has 8 heteroatoms. The Bertz CT molecular complexity index is 865. The van der Waals surface area contributed by atoms with Crippen LogP contribution in [0.1, 0.15) is 0 Å². The van der Waals surface area contributed by atoms with E-state index in [1.54, 1.807) is 36.4 Å². The molecule has 1 amide bonds. The number of hydrogen-bond donors (Lipinski definition) is 1. The van der Waals surface area contributed by atoms with Crippen molar-refractivity contribution in [1.29, 1.82) is 0 Å². The van der Waals surface area contributed by atoms with Gasteiger partial charge in [0.05, 0.1) is 12.8 Å². The fraction of sp³-hybridized carbons (Fsp3) is 0.125. The third-order valence-electron chi connectivity index (χ3n) is 3.20. The van der Waals surface area contributed by atoms with E-state index in [4.69, 9.17) is 4.74 Å². The average Bonchev–Trinajstić information content (AvgIpc) is 3.03. The topological polar surface area (TPSA) is 81.9 Å². The third kappa shape index (κ3) is 3.54. The minimum absolute atomic E-state index is 0.125. The van der Waals surface area contributed by atoms with Crippen molar-refractivity contribution in [3.63, 3.8) is 0 Å². The Morgan fingerprint density at radius 2 is 2.08 bits per heavy atom. The number of tetrazole rings is 1. The highest BCUT2D eigenvalue weighted by Gasteiger charge is 2.11. The van der Waals surface area contributed by atoms with Crippen molar-refractivity contribution in [2.24, 2.45) is 0 Å². The highest BCUT2D eigenvalue weighted by Crippen LogP contribution is 2.22. The van der Waals surface area contributed by atoms with Crippen LogP contribution in [0.25, 0.3) is 11.4 Å². The van der Waals surface area contributed by atoms with Gasteiger partial charge in [-0.2, -0.15) is 4.80 Å². The molecule has 0 aliphatic rings. The summed E-state index contributed by atoms with van der Waals surface area (Å²) in [5.41, 5.74) is 1.04. The number of benzene rings is 2. The highest BCUT2D eigenvalue weighted by molar-refractivity contribution is 5.91. The molecule has 0 atom stereocenters. The van der Waals surface area contributed by atoms with Gasteiger partial charge in [0.15, 0.2) is 0 Å². The molecule has 1 N–H and O–H groups in total. The van der Waals surface area contributed by atoms with E-state index in [0.29, 0.717) is 17.0 Å². The Hall–Kier alpha value is -3.29. The van der Waals surface area contributed by atoms with Crippen LogP contribution < -0.4 is 10.1 Å². The van der Waals surface area contributed by atoms with Gasteiger partial charge in [0.2, 0.25) is 11.7 Å². The fourth-order valence-corrected chi connectivity index (χ4v) is 2.12. The smallest absolute Gasteiger partial charge is 0.248 e. The lowest BCUT2D eigenvalue weighted by Crippen LogP contribution is -2.20. The number of hydrogen-bond acceptors (Lipinski definition) is 5. The predicted molar refractivity (Wildman–Crippen MR) is 84.8 cm³/mol. The normalized spacial score (nSPS) is 10.4. The van der Waals surface area contributed by atoms with E-state index in [2.05, 4.69) is 20.7 Å². The summed E-state index contributed by atoms with van der Waals surface area (Å²) in [4.78, 5) is 13.2. The number of methoxy groups -OCH3 is 1. The number of para-hydroxylation sites is 2. The summed E-state index contributed by atoms with van der Waals surface area (Å²) in [6.45, 7) is -0.125. The summed E-state index contributed by atoms with van der Waals surface area (Å²) in [7, 11) is 1.52. The summed E-state index contributed by atoms with van der Waals surface area (Å²) < 4.78 is 18.4. The predicted octanol–water partition coefficient (Wildman–Crippen LogP) is 2.13.